The van der Waals surface area contributed by atoms with Crippen LogP contribution in [-0.2, 0) is 16.6 Å². The van der Waals surface area contributed by atoms with E-state index in [4.69, 9.17) is 0 Å². The zero-order chi connectivity index (χ0) is 19.9. The summed E-state index contributed by atoms with van der Waals surface area (Å²) in [6.07, 6.45) is 1.94. The van der Waals surface area contributed by atoms with Gasteiger partial charge in [-0.15, -0.1) is 0 Å². The van der Waals surface area contributed by atoms with Crippen LogP contribution in [0.1, 0.15) is 38.7 Å². The van der Waals surface area contributed by atoms with Crippen molar-refractivity contribution in [1.82, 2.24) is 14.9 Å². The minimum absolute atomic E-state index is 0.0165. The van der Waals surface area contributed by atoms with Crippen LogP contribution in [0.5, 0.6) is 0 Å². The van der Waals surface area contributed by atoms with Crippen molar-refractivity contribution in [3.8, 4) is 0 Å². The quantitative estimate of drug-likeness (QED) is 0.542. The average molecular weight is 403 g/mol. The number of sulfonamides is 1. The number of nitrogens with one attached hydrogen (secondary N) is 2. The first-order chi connectivity index (χ1) is 12.9. The topological polar surface area (TPSA) is 73.8 Å². The van der Waals surface area contributed by atoms with Crippen molar-refractivity contribution in [3.63, 3.8) is 0 Å². The molecular formula is C18H28F2N4O2S. The van der Waals surface area contributed by atoms with Gasteiger partial charge in [0, 0.05) is 31.2 Å². The Balaban J connectivity index is 1.95. The van der Waals surface area contributed by atoms with Gasteiger partial charge in [0.2, 0.25) is 10.0 Å². The molecule has 152 valence electrons. The molecule has 27 heavy (non-hydrogen) atoms. The molecule has 0 bridgehead atoms. The molecule has 1 aromatic carbocycles. The number of rotatable bonds is 7. The first kappa shape index (κ1) is 21.6. The van der Waals surface area contributed by atoms with E-state index in [1.165, 1.54) is 0 Å². The molecule has 1 fully saturated rings. The monoisotopic (exact) mass is 402 g/mol. The summed E-state index contributed by atoms with van der Waals surface area (Å²) in [4.78, 5) is 4.33. The number of benzene rings is 1. The third-order valence-corrected chi connectivity index (χ3v) is 6.49. The van der Waals surface area contributed by atoms with Crippen LogP contribution >= 0.6 is 0 Å². The van der Waals surface area contributed by atoms with Gasteiger partial charge in [0.15, 0.2) is 5.96 Å². The van der Waals surface area contributed by atoms with E-state index in [1.54, 1.807) is 4.31 Å². The predicted molar refractivity (Wildman–Crippen MR) is 103 cm³/mol. The van der Waals surface area contributed by atoms with E-state index >= 15 is 0 Å². The number of nitrogens with zero attached hydrogens (tertiary/aromatic N) is 2. The molecule has 0 spiro atoms. The molecular weight excluding hydrogens is 374 g/mol. The highest BCUT2D eigenvalue weighted by atomic mass is 32.2. The molecule has 0 atom stereocenters. The molecule has 0 amide bonds. The van der Waals surface area contributed by atoms with E-state index in [-0.39, 0.29) is 23.9 Å². The average Bonchev–Trinajstić information content (AvgIpc) is 2.63. The molecule has 1 aliphatic rings. The second-order valence-electron chi connectivity index (χ2n) is 6.56. The van der Waals surface area contributed by atoms with Crippen molar-refractivity contribution in [1.29, 1.82) is 0 Å². The highest BCUT2D eigenvalue weighted by molar-refractivity contribution is 7.89. The first-order valence-electron chi connectivity index (χ1n) is 9.32. The van der Waals surface area contributed by atoms with Gasteiger partial charge in [-0.25, -0.2) is 26.5 Å². The van der Waals surface area contributed by atoms with E-state index in [2.05, 4.69) is 15.6 Å². The van der Waals surface area contributed by atoms with E-state index in [1.807, 2.05) is 13.8 Å². The number of aliphatic imine (C=N–C) groups is 1. The van der Waals surface area contributed by atoms with Crippen molar-refractivity contribution in [3.05, 3.63) is 35.4 Å². The Morgan fingerprint density at radius 3 is 2.59 bits per heavy atom. The smallest absolute Gasteiger partial charge is 0.214 e. The molecule has 0 aliphatic carbocycles. The molecule has 9 heteroatoms. The molecule has 0 aromatic heterocycles. The minimum atomic E-state index is -3.17. The molecule has 0 radical (unpaired) electrons. The van der Waals surface area contributed by atoms with Crippen molar-refractivity contribution in [2.24, 2.45) is 4.99 Å². The Hall–Kier alpha value is -1.74. The normalized spacial score (nSPS) is 17.1. The lowest BCUT2D eigenvalue weighted by Gasteiger charge is -2.32. The predicted octanol–water partition coefficient (Wildman–Crippen LogP) is 2.22. The van der Waals surface area contributed by atoms with Crippen LogP contribution in [0.15, 0.2) is 23.2 Å². The van der Waals surface area contributed by atoms with Crippen LogP contribution < -0.4 is 10.6 Å². The molecule has 0 saturated carbocycles. The highest BCUT2D eigenvalue weighted by Crippen LogP contribution is 2.15. The Labute approximate surface area is 160 Å². The summed E-state index contributed by atoms with van der Waals surface area (Å²) in [6, 6.07) is 3.38. The second kappa shape index (κ2) is 9.98. The molecule has 1 heterocycles. The third-order valence-electron chi connectivity index (χ3n) is 4.41. The van der Waals surface area contributed by atoms with E-state index in [9.17, 15) is 17.2 Å². The molecule has 6 nitrogen and oxygen atoms in total. The maximum atomic E-state index is 13.7. The molecule has 0 unspecified atom stereocenters. The zero-order valence-electron chi connectivity index (χ0n) is 15.8. The van der Waals surface area contributed by atoms with Crippen LogP contribution in [0.25, 0.3) is 0 Å². The summed E-state index contributed by atoms with van der Waals surface area (Å²) in [7, 11) is -3.17. The van der Waals surface area contributed by atoms with E-state index in [0.717, 1.165) is 18.2 Å². The summed E-state index contributed by atoms with van der Waals surface area (Å²) >= 11 is 0. The summed E-state index contributed by atoms with van der Waals surface area (Å²) in [5.41, 5.74) is 0.188. The van der Waals surface area contributed by atoms with Crippen molar-refractivity contribution in [2.45, 2.75) is 45.7 Å². The fraction of sp³-hybridized carbons (Fsp3) is 0.611. The van der Waals surface area contributed by atoms with Gasteiger partial charge in [-0.05, 0) is 44.4 Å². The van der Waals surface area contributed by atoms with Crippen LogP contribution in [0, 0.1) is 11.6 Å². The summed E-state index contributed by atoms with van der Waals surface area (Å²) in [5.74, 6) is -0.310. The third kappa shape index (κ3) is 6.42. The van der Waals surface area contributed by atoms with Gasteiger partial charge in [0.25, 0.3) is 0 Å². The fourth-order valence-electron chi connectivity index (χ4n) is 3.01. The van der Waals surface area contributed by atoms with Crippen molar-refractivity contribution in [2.75, 3.05) is 25.4 Å². The lowest BCUT2D eigenvalue weighted by atomic mass is 10.1. The summed E-state index contributed by atoms with van der Waals surface area (Å²) in [6.45, 7) is 5.35. The Bertz CT molecular complexity index is 748. The van der Waals surface area contributed by atoms with Gasteiger partial charge in [0.05, 0.1) is 12.3 Å². The maximum absolute atomic E-state index is 13.7. The summed E-state index contributed by atoms with van der Waals surface area (Å²) in [5, 5.41) is 6.35. The molecule has 1 saturated heterocycles. The van der Waals surface area contributed by atoms with Gasteiger partial charge in [-0.3, -0.25) is 0 Å². The summed E-state index contributed by atoms with van der Waals surface area (Å²) < 4.78 is 52.8. The van der Waals surface area contributed by atoms with Gasteiger partial charge in [-0.1, -0.05) is 6.92 Å². The number of piperidine rings is 1. The van der Waals surface area contributed by atoms with Gasteiger partial charge < -0.3 is 10.6 Å². The molecule has 2 rings (SSSR count). The fourth-order valence-corrected chi connectivity index (χ4v) is 4.55. The second-order valence-corrected chi connectivity index (χ2v) is 8.65. The standard InChI is InChI=1S/C18H28F2N4O2S/c1-3-11-27(25,26)24-9-7-16(8-10-24)23-18(21-4-2)22-13-14-12-15(19)5-6-17(14)20/h5-6,12,16H,3-4,7-11,13H2,1-2H3,(H2,21,22,23). The first-order valence-corrected chi connectivity index (χ1v) is 10.9. The Kier molecular flexibility index (Phi) is 7.97. The van der Waals surface area contributed by atoms with Crippen LogP contribution in [0.2, 0.25) is 0 Å². The largest absolute Gasteiger partial charge is 0.357 e. The number of hydrogen-bond acceptors (Lipinski definition) is 3. The van der Waals surface area contributed by atoms with Crippen LogP contribution in [-0.4, -0.2) is 50.1 Å². The van der Waals surface area contributed by atoms with Crippen molar-refractivity contribution < 1.29 is 17.2 Å². The molecule has 1 aromatic rings. The zero-order valence-corrected chi connectivity index (χ0v) is 16.7. The minimum Gasteiger partial charge on any atom is -0.357 e. The van der Waals surface area contributed by atoms with Crippen LogP contribution in [0.3, 0.4) is 0 Å². The number of hydrogen-bond donors (Lipinski definition) is 2. The maximum Gasteiger partial charge on any atom is 0.214 e. The van der Waals surface area contributed by atoms with Gasteiger partial charge in [-0.2, -0.15) is 0 Å². The van der Waals surface area contributed by atoms with Crippen molar-refractivity contribution >= 4 is 16.0 Å². The lowest BCUT2D eigenvalue weighted by Crippen LogP contribution is -2.50. The Morgan fingerprint density at radius 1 is 1.26 bits per heavy atom. The molecule has 1 aliphatic heterocycles. The lowest BCUT2D eigenvalue weighted by molar-refractivity contribution is 0.306. The number of halogens is 2. The Morgan fingerprint density at radius 2 is 1.96 bits per heavy atom. The number of guanidine groups is 1. The van der Waals surface area contributed by atoms with Gasteiger partial charge in [0.1, 0.15) is 11.6 Å². The SMILES string of the molecule is CCCS(=O)(=O)N1CCC(NC(=NCc2cc(F)ccc2F)NCC)CC1. The van der Waals surface area contributed by atoms with Crippen LogP contribution in [0.4, 0.5) is 8.78 Å². The van der Waals surface area contributed by atoms with Gasteiger partial charge >= 0.3 is 0 Å². The molecule has 2 N–H and O–H groups in total. The van der Waals surface area contributed by atoms with E-state index in [0.29, 0.717) is 44.9 Å². The van der Waals surface area contributed by atoms with E-state index < -0.39 is 21.7 Å². The highest BCUT2D eigenvalue weighted by Gasteiger charge is 2.27.